The molecule has 94 valence electrons. The molecule has 0 saturated carbocycles. The van der Waals surface area contributed by atoms with E-state index in [0.29, 0.717) is 16.8 Å². The van der Waals surface area contributed by atoms with Gasteiger partial charge in [-0.3, -0.25) is 4.79 Å². The number of hydrogen-bond acceptors (Lipinski definition) is 5. The molecule has 0 aliphatic carbocycles. The fourth-order valence-corrected chi connectivity index (χ4v) is 1.57. The van der Waals surface area contributed by atoms with E-state index in [4.69, 9.17) is 5.73 Å². The zero-order chi connectivity index (χ0) is 13.0. The standard InChI is InChI=1S/C12H17NO4/c1-7-8(4-3-5-9(7)13)12(16)10(14)6-11(15)17-2/h3-5,10,12,14,16H,6,13H2,1-2H3. The van der Waals surface area contributed by atoms with Crippen LogP contribution in [0.4, 0.5) is 5.69 Å². The van der Waals surface area contributed by atoms with Crippen LogP contribution >= 0.6 is 0 Å². The lowest BCUT2D eigenvalue weighted by Gasteiger charge is -2.19. The maximum atomic E-state index is 11.0. The van der Waals surface area contributed by atoms with Crippen LogP contribution in [0.3, 0.4) is 0 Å². The molecule has 0 radical (unpaired) electrons. The monoisotopic (exact) mass is 239 g/mol. The van der Waals surface area contributed by atoms with Gasteiger partial charge in [0.05, 0.1) is 19.6 Å². The van der Waals surface area contributed by atoms with Gasteiger partial charge in [0.15, 0.2) is 0 Å². The van der Waals surface area contributed by atoms with E-state index in [9.17, 15) is 15.0 Å². The van der Waals surface area contributed by atoms with Crippen LogP contribution in [0.15, 0.2) is 18.2 Å². The number of carbonyl (C=O) groups excluding carboxylic acids is 1. The minimum Gasteiger partial charge on any atom is -0.469 e. The number of anilines is 1. The Hall–Kier alpha value is -1.59. The Labute approximate surface area is 99.8 Å². The SMILES string of the molecule is COC(=O)CC(O)C(O)c1cccc(N)c1C. The van der Waals surface area contributed by atoms with Crippen molar-refractivity contribution < 1.29 is 19.7 Å². The number of aliphatic hydroxyl groups excluding tert-OH is 2. The van der Waals surface area contributed by atoms with Gasteiger partial charge in [0, 0.05) is 5.69 Å². The Bertz CT molecular complexity index is 405. The summed E-state index contributed by atoms with van der Waals surface area (Å²) in [5.41, 5.74) is 7.45. The predicted molar refractivity (Wildman–Crippen MR) is 63.2 cm³/mol. The van der Waals surface area contributed by atoms with E-state index in [-0.39, 0.29) is 6.42 Å². The summed E-state index contributed by atoms with van der Waals surface area (Å²) in [6, 6.07) is 5.06. The first-order chi connectivity index (χ1) is 7.97. The summed E-state index contributed by atoms with van der Waals surface area (Å²) in [7, 11) is 1.23. The Kier molecular flexibility index (Phi) is 4.48. The second-order valence-electron chi connectivity index (χ2n) is 3.85. The quantitative estimate of drug-likeness (QED) is 0.526. The zero-order valence-corrected chi connectivity index (χ0v) is 9.88. The lowest BCUT2D eigenvalue weighted by molar-refractivity contribution is -0.144. The van der Waals surface area contributed by atoms with Crippen LogP contribution in [0.1, 0.15) is 23.7 Å². The predicted octanol–water partition coefficient (Wildman–Crippen LogP) is 0.535. The van der Waals surface area contributed by atoms with Crippen LogP contribution in [0.2, 0.25) is 0 Å². The molecule has 0 saturated heterocycles. The van der Waals surface area contributed by atoms with Crippen LogP contribution in [-0.4, -0.2) is 29.4 Å². The molecule has 0 spiro atoms. The average molecular weight is 239 g/mol. The second kappa shape index (κ2) is 5.65. The Morgan fingerprint density at radius 3 is 2.71 bits per heavy atom. The lowest BCUT2D eigenvalue weighted by Crippen LogP contribution is -2.23. The number of nitrogen functional groups attached to an aromatic ring is 1. The summed E-state index contributed by atoms with van der Waals surface area (Å²) in [5, 5.41) is 19.6. The Morgan fingerprint density at radius 2 is 2.12 bits per heavy atom. The van der Waals surface area contributed by atoms with E-state index in [2.05, 4.69) is 4.74 Å². The van der Waals surface area contributed by atoms with E-state index in [1.165, 1.54) is 7.11 Å². The topological polar surface area (TPSA) is 92.8 Å². The van der Waals surface area contributed by atoms with Crippen molar-refractivity contribution in [2.24, 2.45) is 0 Å². The third-order valence-electron chi connectivity index (χ3n) is 2.70. The van der Waals surface area contributed by atoms with E-state index in [0.717, 1.165) is 0 Å². The van der Waals surface area contributed by atoms with Crippen molar-refractivity contribution in [2.45, 2.75) is 25.6 Å². The highest BCUT2D eigenvalue weighted by atomic mass is 16.5. The van der Waals surface area contributed by atoms with Crippen molar-refractivity contribution in [2.75, 3.05) is 12.8 Å². The molecule has 5 nitrogen and oxygen atoms in total. The van der Waals surface area contributed by atoms with E-state index >= 15 is 0 Å². The van der Waals surface area contributed by atoms with Crippen molar-refractivity contribution >= 4 is 11.7 Å². The number of esters is 1. The van der Waals surface area contributed by atoms with Gasteiger partial charge in [-0.1, -0.05) is 12.1 Å². The number of rotatable bonds is 4. The molecule has 0 aliphatic rings. The summed E-state index contributed by atoms with van der Waals surface area (Å²) < 4.78 is 4.43. The van der Waals surface area contributed by atoms with Crippen molar-refractivity contribution in [1.29, 1.82) is 0 Å². The smallest absolute Gasteiger partial charge is 0.308 e. The molecule has 4 N–H and O–H groups in total. The molecule has 5 heteroatoms. The first-order valence-corrected chi connectivity index (χ1v) is 5.25. The van der Waals surface area contributed by atoms with Crippen molar-refractivity contribution in [1.82, 2.24) is 0 Å². The van der Waals surface area contributed by atoms with E-state index in [1.54, 1.807) is 25.1 Å². The van der Waals surface area contributed by atoms with Crippen molar-refractivity contribution in [3.8, 4) is 0 Å². The van der Waals surface area contributed by atoms with Crippen LogP contribution in [0.25, 0.3) is 0 Å². The minimum atomic E-state index is -1.21. The first-order valence-electron chi connectivity index (χ1n) is 5.25. The molecule has 1 aromatic rings. The summed E-state index contributed by atoms with van der Waals surface area (Å²) in [6.45, 7) is 1.75. The van der Waals surface area contributed by atoms with Gasteiger partial charge in [-0.15, -0.1) is 0 Å². The molecule has 0 fully saturated rings. The molecule has 17 heavy (non-hydrogen) atoms. The van der Waals surface area contributed by atoms with Gasteiger partial charge in [-0.05, 0) is 24.1 Å². The molecule has 0 aromatic heterocycles. The molecular weight excluding hydrogens is 222 g/mol. The minimum absolute atomic E-state index is 0.258. The number of carbonyl (C=O) groups is 1. The number of nitrogens with two attached hydrogens (primary N) is 1. The molecule has 0 heterocycles. The number of methoxy groups -OCH3 is 1. The second-order valence-corrected chi connectivity index (χ2v) is 3.85. The van der Waals surface area contributed by atoms with Crippen LogP contribution < -0.4 is 5.73 Å². The van der Waals surface area contributed by atoms with Gasteiger partial charge >= 0.3 is 5.97 Å². The van der Waals surface area contributed by atoms with Crippen molar-refractivity contribution in [3.63, 3.8) is 0 Å². The Balaban J connectivity index is 2.85. The largest absolute Gasteiger partial charge is 0.469 e. The molecule has 2 atom stereocenters. The highest BCUT2D eigenvalue weighted by molar-refractivity contribution is 5.69. The third-order valence-corrected chi connectivity index (χ3v) is 2.70. The number of benzene rings is 1. The summed E-state index contributed by atoms with van der Waals surface area (Å²) in [6.07, 6.45) is -2.62. The summed E-state index contributed by atoms with van der Waals surface area (Å²) in [5.74, 6) is -0.571. The first kappa shape index (κ1) is 13.5. The fourth-order valence-electron chi connectivity index (χ4n) is 1.57. The maximum Gasteiger partial charge on any atom is 0.308 e. The highest BCUT2D eigenvalue weighted by Gasteiger charge is 2.23. The zero-order valence-electron chi connectivity index (χ0n) is 9.88. The molecule has 0 aliphatic heterocycles. The molecule has 1 rings (SSSR count). The fraction of sp³-hybridized carbons (Fsp3) is 0.417. The van der Waals surface area contributed by atoms with Crippen LogP contribution in [0.5, 0.6) is 0 Å². The number of ether oxygens (including phenoxy) is 1. The molecule has 0 amide bonds. The number of hydrogen-bond donors (Lipinski definition) is 3. The summed E-state index contributed by atoms with van der Waals surface area (Å²) in [4.78, 5) is 11.0. The third kappa shape index (κ3) is 3.18. The van der Waals surface area contributed by atoms with Gasteiger partial charge in [-0.25, -0.2) is 0 Å². The summed E-state index contributed by atoms with van der Waals surface area (Å²) >= 11 is 0. The Morgan fingerprint density at radius 1 is 1.47 bits per heavy atom. The van der Waals surface area contributed by atoms with Crippen molar-refractivity contribution in [3.05, 3.63) is 29.3 Å². The van der Waals surface area contributed by atoms with Gasteiger partial charge in [0.2, 0.25) is 0 Å². The molecule has 2 unspecified atom stereocenters. The van der Waals surface area contributed by atoms with Gasteiger partial charge in [-0.2, -0.15) is 0 Å². The molecule has 1 aromatic carbocycles. The normalized spacial score (nSPS) is 14.1. The average Bonchev–Trinajstić information content (AvgIpc) is 2.31. The van der Waals surface area contributed by atoms with Gasteiger partial charge in [0.1, 0.15) is 6.10 Å². The number of aliphatic hydroxyl groups is 2. The van der Waals surface area contributed by atoms with E-state index < -0.39 is 18.2 Å². The molecular formula is C12H17NO4. The highest BCUT2D eigenvalue weighted by Crippen LogP contribution is 2.25. The lowest BCUT2D eigenvalue weighted by atomic mass is 9.97. The van der Waals surface area contributed by atoms with Crippen LogP contribution in [-0.2, 0) is 9.53 Å². The molecule has 0 bridgehead atoms. The van der Waals surface area contributed by atoms with E-state index in [1.807, 2.05) is 0 Å². The van der Waals surface area contributed by atoms with Gasteiger partial charge < -0.3 is 20.7 Å². The maximum absolute atomic E-state index is 11.0. The van der Waals surface area contributed by atoms with Gasteiger partial charge in [0.25, 0.3) is 0 Å². The van der Waals surface area contributed by atoms with Crippen LogP contribution in [0, 0.1) is 6.92 Å².